The highest BCUT2D eigenvalue weighted by molar-refractivity contribution is 6.30. The molecule has 3 N–H and O–H groups in total. The highest BCUT2D eigenvalue weighted by Gasteiger charge is 2.13. The van der Waals surface area contributed by atoms with Crippen LogP contribution in [0, 0.1) is 5.82 Å². The van der Waals surface area contributed by atoms with Gasteiger partial charge < -0.3 is 11.1 Å². The Bertz CT molecular complexity index is 595. The zero-order chi connectivity index (χ0) is 14.0. The molecule has 0 radical (unpaired) electrons. The molecule has 0 bridgehead atoms. The topological polar surface area (TPSA) is 55.9 Å². The number of aryl methyl sites for hydroxylation is 2. The number of nitrogens with zero attached hydrogens (tertiary/aromatic N) is 2. The Morgan fingerprint density at radius 3 is 2.84 bits per heavy atom. The van der Waals surface area contributed by atoms with Crippen molar-refractivity contribution in [3.8, 4) is 0 Å². The number of nitrogens with one attached hydrogen (secondary N) is 1. The molecule has 0 aliphatic heterocycles. The van der Waals surface area contributed by atoms with Gasteiger partial charge >= 0.3 is 0 Å². The lowest BCUT2D eigenvalue weighted by Crippen LogP contribution is -2.01. The van der Waals surface area contributed by atoms with Gasteiger partial charge in [-0.15, -0.1) is 0 Å². The van der Waals surface area contributed by atoms with Crippen molar-refractivity contribution < 1.29 is 4.39 Å². The van der Waals surface area contributed by atoms with E-state index in [1.54, 1.807) is 17.8 Å². The predicted octanol–water partition coefficient (Wildman–Crippen LogP) is 3.49. The minimum absolute atomic E-state index is 0.0928. The van der Waals surface area contributed by atoms with Crippen LogP contribution in [0.4, 0.5) is 21.6 Å². The van der Waals surface area contributed by atoms with Gasteiger partial charge in [-0.3, -0.25) is 4.68 Å². The fraction of sp³-hybridized carbons (Fsp3) is 0.308. The van der Waals surface area contributed by atoms with Crippen molar-refractivity contribution in [1.29, 1.82) is 0 Å². The van der Waals surface area contributed by atoms with Crippen LogP contribution in [0.5, 0.6) is 0 Å². The average molecular weight is 283 g/mol. The number of nitrogen functional groups attached to an aromatic ring is 1. The number of nitrogens with two attached hydrogens (primary N) is 1. The Morgan fingerprint density at radius 2 is 2.21 bits per heavy atom. The molecule has 0 spiro atoms. The molecule has 1 heterocycles. The maximum absolute atomic E-state index is 13.4. The molecule has 0 saturated carbocycles. The molecule has 0 fully saturated rings. The van der Waals surface area contributed by atoms with Crippen molar-refractivity contribution >= 4 is 28.8 Å². The third kappa shape index (κ3) is 2.81. The lowest BCUT2D eigenvalue weighted by atomic mass is 10.2. The first-order chi connectivity index (χ1) is 9.02. The van der Waals surface area contributed by atoms with Crippen LogP contribution >= 0.6 is 11.6 Å². The van der Waals surface area contributed by atoms with Gasteiger partial charge in [0, 0.05) is 12.7 Å². The molecular weight excluding hydrogens is 267 g/mol. The molecule has 0 unspecified atom stereocenters. The molecule has 0 amide bonds. The minimum Gasteiger partial charge on any atom is -0.394 e. The van der Waals surface area contributed by atoms with Crippen LogP contribution in [-0.4, -0.2) is 9.78 Å². The van der Waals surface area contributed by atoms with E-state index in [1.165, 1.54) is 12.1 Å². The predicted molar refractivity (Wildman–Crippen MR) is 76.3 cm³/mol. The highest BCUT2D eigenvalue weighted by atomic mass is 35.5. The summed E-state index contributed by atoms with van der Waals surface area (Å²) in [5.41, 5.74) is 8.07. The molecule has 0 aliphatic rings. The second kappa shape index (κ2) is 5.48. The van der Waals surface area contributed by atoms with Crippen LogP contribution in [0.3, 0.4) is 0 Å². The molecule has 4 nitrogen and oxygen atoms in total. The quantitative estimate of drug-likeness (QED) is 0.902. The Morgan fingerprint density at radius 1 is 1.47 bits per heavy atom. The molecule has 102 valence electrons. The van der Waals surface area contributed by atoms with Gasteiger partial charge in [0.05, 0.1) is 16.4 Å². The van der Waals surface area contributed by atoms with E-state index in [9.17, 15) is 4.39 Å². The molecule has 1 aromatic carbocycles. The summed E-state index contributed by atoms with van der Waals surface area (Å²) in [5, 5.41) is 7.50. The second-order valence-electron chi connectivity index (χ2n) is 4.34. The first kappa shape index (κ1) is 13.7. The summed E-state index contributed by atoms with van der Waals surface area (Å²) < 4.78 is 15.0. The summed E-state index contributed by atoms with van der Waals surface area (Å²) in [6.45, 7) is 2.07. The van der Waals surface area contributed by atoms with Gasteiger partial charge in [0.1, 0.15) is 5.82 Å². The summed E-state index contributed by atoms with van der Waals surface area (Å²) in [7, 11) is 1.80. The van der Waals surface area contributed by atoms with E-state index in [1.807, 2.05) is 0 Å². The lowest BCUT2D eigenvalue weighted by molar-refractivity contribution is 0.629. The van der Waals surface area contributed by atoms with Crippen molar-refractivity contribution in [3.05, 3.63) is 34.7 Å². The second-order valence-corrected chi connectivity index (χ2v) is 4.74. The van der Waals surface area contributed by atoms with E-state index >= 15 is 0 Å². The first-order valence-electron chi connectivity index (χ1n) is 6.06. The zero-order valence-corrected chi connectivity index (χ0v) is 11.6. The largest absolute Gasteiger partial charge is 0.394 e. The molecule has 0 atom stereocenters. The molecule has 0 saturated heterocycles. The number of rotatable bonds is 4. The maximum atomic E-state index is 13.4. The third-order valence-electron chi connectivity index (χ3n) is 2.83. The molecule has 1 aromatic heterocycles. The number of anilines is 3. The lowest BCUT2D eigenvalue weighted by Gasteiger charge is -2.08. The standard InChI is InChI=1S/C13H16ClFN4/c1-3-4-11-12(16)13(19(2)18-11)17-8-5-6-9(14)10(15)7-8/h5-7,17H,3-4,16H2,1-2H3. The van der Waals surface area contributed by atoms with E-state index in [-0.39, 0.29) is 5.02 Å². The molecule has 2 aromatic rings. The number of benzene rings is 1. The van der Waals surface area contributed by atoms with Crippen LogP contribution in [0.1, 0.15) is 19.0 Å². The maximum Gasteiger partial charge on any atom is 0.152 e. The van der Waals surface area contributed by atoms with Gasteiger partial charge in [-0.2, -0.15) is 5.10 Å². The van der Waals surface area contributed by atoms with Gasteiger partial charge in [0.15, 0.2) is 5.82 Å². The number of hydrogen-bond donors (Lipinski definition) is 2. The van der Waals surface area contributed by atoms with Gasteiger partial charge in [-0.05, 0) is 24.6 Å². The summed E-state index contributed by atoms with van der Waals surface area (Å²) in [4.78, 5) is 0. The Hall–Kier alpha value is -1.75. The van der Waals surface area contributed by atoms with E-state index in [0.717, 1.165) is 18.5 Å². The van der Waals surface area contributed by atoms with E-state index < -0.39 is 5.82 Å². The first-order valence-corrected chi connectivity index (χ1v) is 6.44. The van der Waals surface area contributed by atoms with Crippen molar-refractivity contribution in [2.24, 2.45) is 7.05 Å². The van der Waals surface area contributed by atoms with Crippen molar-refractivity contribution in [2.45, 2.75) is 19.8 Å². The van der Waals surface area contributed by atoms with Gasteiger partial charge in [-0.25, -0.2) is 4.39 Å². The smallest absolute Gasteiger partial charge is 0.152 e. The Balaban J connectivity index is 2.30. The molecule has 19 heavy (non-hydrogen) atoms. The summed E-state index contributed by atoms with van der Waals surface area (Å²) in [6.07, 6.45) is 1.78. The molecular formula is C13H16ClFN4. The van der Waals surface area contributed by atoms with Gasteiger partial charge in [0.25, 0.3) is 0 Å². The van der Waals surface area contributed by atoms with Crippen molar-refractivity contribution in [1.82, 2.24) is 9.78 Å². The molecule has 6 heteroatoms. The van der Waals surface area contributed by atoms with Crippen LogP contribution in [0.15, 0.2) is 18.2 Å². The summed E-state index contributed by atoms with van der Waals surface area (Å²) >= 11 is 5.65. The molecule has 2 rings (SSSR count). The Kier molecular flexibility index (Phi) is 3.95. The summed E-state index contributed by atoms with van der Waals surface area (Å²) in [5.74, 6) is 0.186. The van der Waals surface area contributed by atoms with Crippen LogP contribution in [0.2, 0.25) is 5.02 Å². The van der Waals surface area contributed by atoms with E-state index in [0.29, 0.717) is 17.2 Å². The monoisotopic (exact) mass is 282 g/mol. The normalized spacial score (nSPS) is 10.7. The van der Waals surface area contributed by atoms with Crippen LogP contribution < -0.4 is 11.1 Å². The van der Waals surface area contributed by atoms with Gasteiger partial charge in [0.2, 0.25) is 0 Å². The number of halogens is 2. The fourth-order valence-corrected chi connectivity index (χ4v) is 1.99. The van der Waals surface area contributed by atoms with Crippen LogP contribution in [-0.2, 0) is 13.5 Å². The minimum atomic E-state index is -0.471. The van der Waals surface area contributed by atoms with Crippen molar-refractivity contribution in [3.63, 3.8) is 0 Å². The Labute approximate surface area is 116 Å². The van der Waals surface area contributed by atoms with Crippen molar-refractivity contribution in [2.75, 3.05) is 11.1 Å². The van der Waals surface area contributed by atoms with E-state index in [4.69, 9.17) is 17.3 Å². The third-order valence-corrected chi connectivity index (χ3v) is 3.14. The van der Waals surface area contributed by atoms with E-state index in [2.05, 4.69) is 17.3 Å². The number of hydrogen-bond acceptors (Lipinski definition) is 3. The highest BCUT2D eigenvalue weighted by Crippen LogP contribution is 2.28. The van der Waals surface area contributed by atoms with Gasteiger partial charge in [-0.1, -0.05) is 24.9 Å². The number of aromatic nitrogens is 2. The zero-order valence-electron chi connectivity index (χ0n) is 10.9. The summed E-state index contributed by atoms with van der Waals surface area (Å²) in [6, 6.07) is 4.52. The fourth-order valence-electron chi connectivity index (χ4n) is 1.88. The molecule has 0 aliphatic carbocycles. The SMILES string of the molecule is CCCc1nn(C)c(Nc2ccc(Cl)c(F)c2)c1N. The van der Waals surface area contributed by atoms with Crippen LogP contribution in [0.25, 0.3) is 0 Å². The average Bonchev–Trinajstić information content (AvgIpc) is 2.62.